The molecule has 2 aliphatic rings. The molecule has 4 N–H and O–H groups in total. The molecule has 1 saturated heterocycles. The van der Waals surface area contributed by atoms with Gasteiger partial charge in [-0.1, -0.05) is 11.2 Å². The Bertz CT molecular complexity index is 1460. The molecule has 1 atom stereocenters. The maximum Gasteiger partial charge on any atom is 0.276 e. The molecule has 0 spiro atoms. The molecule has 41 heavy (non-hydrogen) atoms. The number of quaternary nitrogens is 1. The van der Waals surface area contributed by atoms with Crippen molar-refractivity contribution in [1.29, 1.82) is 0 Å². The van der Waals surface area contributed by atoms with Gasteiger partial charge in [-0.05, 0) is 24.6 Å². The van der Waals surface area contributed by atoms with Gasteiger partial charge in [0, 0.05) is 62.0 Å². The van der Waals surface area contributed by atoms with E-state index in [4.69, 9.17) is 15.6 Å². The van der Waals surface area contributed by atoms with Crippen molar-refractivity contribution in [2.24, 2.45) is 16.1 Å². The number of piperazine rings is 1. The highest BCUT2D eigenvalue weighted by atomic mass is 19.2. The van der Waals surface area contributed by atoms with Crippen LogP contribution in [-0.4, -0.2) is 89.8 Å². The first-order chi connectivity index (χ1) is 19.9. The summed E-state index contributed by atoms with van der Waals surface area (Å²) >= 11 is 0. The SMILES string of the molecule is NC(=O)C[N+]1(c2cccc(F)c2F)C=C(Nc2ncnc3cc(OCCCN4CCN(CCO)CC4)ccc23)N=N1. The van der Waals surface area contributed by atoms with E-state index in [1.54, 1.807) is 0 Å². The number of halogens is 2. The lowest BCUT2D eigenvalue weighted by atomic mass is 10.2. The van der Waals surface area contributed by atoms with Crippen LogP contribution in [-0.2, 0) is 4.79 Å². The summed E-state index contributed by atoms with van der Waals surface area (Å²) in [7, 11) is 0. The number of aliphatic hydroxyl groups is 1. The van der Waals surface area contributed by atoms with E-state index in [1.807, 2.05) is 18.2 Å². The molecule has 1 aromatic heterocycles. The number of fused-ring (bicyclic) bond motifs is 1. The van der Waals surface area contributed by atoms with Crippen molar-refractivity contribution in [1.82, 2.24) is 24.4 Å². The third kappa shape index (κ3) is 6.62. The first kappa shape index (κ1) is 28.4. The van der Waals surface area contributed by atoms with Gasteiger partial charge in [0.1, 0.15) is 17.9 Å². The predicted molar refractivity (Wildman–Crippen MR) is 148 cm³/mol. The summed E-state index contributed by atoms with van der Waals surface area (Å²) < 4.78 is 33.8. The molecular formula is C27H32F2N9O3+. The molecule has 2 aromatic carbocycles. The fraction of sp³-hybridized carbons (Fsp3) is 0.370. The third-order valence-corrected chi connectivity index (χ3v) is 7.02. The molecule has 2 aliphatic heterocycles. The van der Waals surface area contributed by atoms with Crippen molar-refractivity contribution >= 4 is 28.3 Å². The summed E-state index contributed by atoms with van der Waals surface area (Å²) in [5.74, 6) is -1.74. The quantitative estimate of drug-likeness (QED) is 0.223. The van der Waals surface area contributed by atoms with Gasteiger partial charge in [0.05, 0.1) is 18.7 Å². The smallest absolute Gasteiger partial charge is 0.276 e. The van der Waals surface area contributed by atoms with Gasteiger partial charge < -0.3 is 25.8 Å². The number of hydrogen-bond donors (Lipinski definition) is 3. The van der Waals surface area contributed by atoms with Crippen LogP contribution in [0.2, 0.25) is 0 Å². The Hall–Kier alpha value is -4.11. The van der Waals surface area contributed by atoms with Crippen LogP contribution in [0.1, 0.15) is 6.42 Å². The molecule has 0 bridgehead atoms. The summed E-state index contributed by atoms with van der Waals surface area (Å²) in [5, 5.41) is 20.9. The maximum atomic E-state index is 14.7. The molecule has 0 radical (unpaired) electrons. The Morgan fingerprint density at radius 1 is 1.10 bits per heavy atom. The van der Waals surface area contributed by atoms with Crippen LogP contribution in [0.3, 0.4) is 0 Å². The lowest BCUT2D eigenvalue weighted by Crippen LogP contribution is -2.47. The van der Waals surface area contributed by atoms with E-state index in [9.17, 15) is 13.6 Å². The van der Waals surface area contributed by atoms with Crippen LogP contribution in [0.15, 0.2) is 65.1 Å². The van der Waals surface area contributed by atoms with Gasteiger partial charge in [-0.2, -0.15) is 4.39 Å². The minimum Gasteiger partial charge on any atom is -0.493 e. The van der Waals surface area contributed by atoms with Crippen molar-refractivity contribution in [3.05, 3.63) is 66.4 Å². The van der Waals surface area contributed by atoms with Gasteiger partial charge >= 0.3 is 0 Å². The number of ether oxygens (including phenoxy) is 1. The molecule has 12 nitrogen and oxygen atoms in total. The average molecular weight is 569 g/mol. The first-order valence-electron chi connectivity index (χ1n) is 13.3. The number of aromatic nitrogens is 2. The number of β-amino-alcohol motifs (C(OH)–C–C–N with tert-alkyl or cyclic N) is 1. The molecule has 216 valence electrons. The monoisotopic (exact) mass is 568 g/mol. The van der Waals surface area contributed by atoms with Crippen molar-refractivity contribution in [2.75, 3.05) is 64.3 Å². The lowest BCUT2D eigenvalue weighted by Gasteiger charge is -2.34. The number of primary amides is 1. The number of amides is 1. The molecule has 14 heteroatoms. The summed E-state index contributed by atoms with van der Waals surface area (Å²) in [4.78, 5) is 25.1. The van der Waals surface area contributed by atoms with E-state index >= 15 is 0 Å². The van der Waals surface area contributed by atoms with Crippen LogP contribution < -0.4 is 20.4 Å². The maximum absolute atomic E-state index is 14.7. The molecule has 1 amide bonds. The van der Waals surface area contributed by atoms with Gasteiger partial charge in [0.2, 0.25) is 17.3 Å². The molecule has 3 heterocycles. The number of nitrogens with two attached hydrogens (primary N) is 1. The number of carbonyl (C=O) groups is 1. The molecule has 1 fully saturated rings. The van der Waals surface area contributed by atoms with E-state index in [0.717, 1.165) is 51.8 Å². The van der Waals surface area contributed by atoms with Gasteiger partial charge in [-0.15, -0.1) is 4.59 Å². The number of aliphatic hydroxyl groups excluding tert-OH is 1. The average Bonchev–Trinajstić information content (AvgIpc) is 3.36. The van der Waals surface area contributed by atoms with E-state index in [0.29, 0.717) is 29.1 Å². The van der Waals surface area contributed by atoms with Crippen LogP contribution in [0.25, 0.3) is 10.9 Å². The standard InChI is InChI=1S/C27H31F2N9O3/c28-21-3-1-4-23(26(21)29)38(16-24(30)40)17-25(34-35-38)33-27-20-6-5-19(15-22(20)31-18-32-27)41-14-2-7-36-8-10-37(11-9-36)12-13-39/h1,3-6,15,17-18,39H,2,7-14,16H2,(H2-,30,31,32,33,40)/p+1. The fourth-order valence-corrected chi connectivity index (χ4v) is 4.95. The Labute approximate surface area is 235 Å². The zero-order valence-corrected chi connectivity index (χ0v) is 22.4. The van der Waals surface area contributed by atoms with E-state index < -0.39 is 28.7 Å². The highest BCUT2D eigenvalue weighted by Crippen LogP contribution is 2.35. The number of hydrogen-bond acceptors (Lipinski definition) is 10. The van der Waals surface area contributed by atoms with Gasteiger partial charge in [-0.3, -0.25) is 9.69 Å². The lowest BCUT2D eigenvalue weighted by molar-refractivity contribution is -0.118. The van der Waals surface area contributed by atoms with Crippen LogP contribution >= 0.6 is 0 Å². The molecule has 0 saturated carbocycles. The number of anilines is 1. The number of nitrogens with one attached hydrogen (secondary N) is 1. The molecule has 1 unspecified atom stereocenters. The van der Waals surface area contributed by atoms with Gasteiger partial charge in [-0.25, -0.2) is 14.4 Å². The van der Waals surface area contributed by atoms with Crippen LogP contribution in [0.4, 0.5) is 20.3 Å². The van der Waals surface area contributed by atoms with Crippen LogP contribution in [0.5, 0.6) is 5.75 Å². The summed E-state index contributed by atoms with van der Waals surface area (Å²) in [6, 6.07) is 9.07. The number of carbonyl (C=O) groups excluding carboxylic acids is 1. The zero-order chi connectivity index (χ0) is 28.8. The number of benzene rings is 2. The molecule has 0 aliphatic carbocycles. The van der Waals surface area contributed by atoms with Crippen LogP contribution in [0, 0.1) is 11.6 Å². The first-order valence-corrected chi connectivity index (χ1v) is 13.3. The van der Waals surface area contributed by atoms with Crippen molar-refractivity contribution < 1.29 is 23.4 Å². The molecule has 5 rings (SSSR count). The van der Waals surface area contributed by atoms with E-state index in [1.165, 1.54) is 24.7 Å². The van der Waals surface area contributed by atoms with Gasteiger partial charge in [0.15, 0.2) is 18.6 Å². The number of rotatable bonds is 12. The summed E-state index contributed by atoms with van der Waals surface area (Å²) in [6.07, 6.45) is 3.64. The fourth-order valence-electron chi connectivity index (χ4n) is 4.95. The summed E-state index contributed by atoms with van der Waals surface area (Å²) in [5.41, 5.74) is 5.82. The normalized spacial score (nSPS) is 19.4. The van der Waals surface area contributed by atoms with E-state index in [-0.39, 0.29) is 18.1 Å². The largest absolute Gasteiger partial charge is 0.493 e. The van der Waals surface area contributed by atoms with Crippen molar-refractivity contribution in [3.63, 3.8) is 0 Å². The minimum atomic E-state index is -1.15. The Balaban J connectivity index is 1.24. The summed E-state index contributed by atoms with van der Waals surface area (Å²) in [6.45, 7) is 5.86. The second kappa shape index (κ2) is 12.6. The molecule has 3 aromatic rings. The Morgan fingerprint density at radius 2 is 1.88 bits per heavy atom. The predicted octanol–water partition coefficient (Wildman–Crippen LogP) is 2.37. The highest BCUT2D eigenvalue weighted by molar-refractivity contribution is 5.90. The number of nitrogens with zero attached hydrogens (tertiary/aromatic N) is 7. The topological polar surface area (TPSA) is 142 Å². The van der Waals surface area contributed by atoms with Crippen molar-refractivity contribution in [3.8, 4) is 5.75 Å². The second-order valence-corrected chi connectivity index (χ2v) is 9.86. The molecular weight excluding hydrogens is 536 g/mol. The van der Waals surface area contributed by atoms with Crippen molar-refractivity contribution in [2.45, 2.75) is 6.42 Å². The van der Waals surface area contributed by atoms with E-state index in [2.05, 4.69) is 35.4 Å². The van der Waals surface area contributed by atoms with Gasteiger partial charge in [0.25, 0.3) is 5.91 Å². The third-order valence-electron chi connectivity index (χ3n) is 7.02. The zero-order valence-electron chi connectivity index (χ0n) is 22.4. The minimum absolute atomic E-state index is 0.174. The Kier molecular flexibility index (Phi) is 8.73. The highest BCUT2D eigenvalue weighted by Gasteiger charge is 2.41. The Morgan fingerprint density at radius 3 is 2.63 bits per heavy atom. The second-order valence-electron chi connectivity index (χ2n) is 9.86.